The van der Waals surface area contributed by atoms with Crippen LogP contribution in [0.1, 0.15) is 37.8 Å². The van der Waals surface area contributed by atoms with Crippen molar-refractivity contribution in [3.05, 3.63) is 29.7 Å². The number of likely N-dealkylation sites (tertiary alicyclic amines) is 1. The lowest BCUT2D eigenvalue weighted by atomic mass is 9.91. The van der Waals surface area contributed by atoms with Crippen molar-refractivity contribution in [2.45, 2.75) is 32.1 Å². The number of carbonyl (C=O) groups excluding carboxylic acids is 1. The van der Waals surface area contributed by atoms with Gasteiger partial charge in [0, 0.05) is 23.9 Å². The fourth-order valence-corrected chi connectivity index (χ4v) is 3.51. The molecule has 0 radical (unpaired) electrons. The number of carbonyl (C=O) groups is 1. The Hall–Kier alpha value is -2.15. The molecule has 3 rings (SSSR count). The van der Waals surface area contributed by atoms with E-state index in [1.54, 1.807) is 6.07 Å². The fraction of sp³-hybridized carbons (Fsp3) is 0.556. The summed E-state index contributed by atoms with van der Waals surface area (Å²) in [5.41, 5.74) is 6.42. The van der Waals surface area contributed by atoms with Gasteiger partial charge >= 0.3 is 6.09 Å². The molecule has 1 amide bonds. The van der Waals surface area contributed by atoms with E-state index in [9.17, 15) is 9.18 Å². The average Bonchev–Trinajstić information content (AvgIpc) is 2.98. The van der Waals surface area contributed by atoms with E-state index in [-0.39, 0.29) is 5.82 Å². The van der Waals surface area contributed by atoms with Crippen molar-refractivity contribution in [2.24, 2.45) is 11.7 Å². The van der Waals surface area contributed by atoms with Crippen molar-refractivity contribution in [1.29, 1.82) is 0 Å². The third kappa shape index (κ3) is 4.48. The Morgan fingerprint density at radius 1 is 1.48 bits per heavy atom. The molecule has 2 aromatic rings. The molecule has 1 fully saturated rings. The number of primary amides is 1. The normalized spacial score (nSPS) is 17.7. The van der Waals surface area contributed by atoms with Crippen LogP contribution in [0.5, 0.6) is 0 Å². The van der Waals surface area contributed by atoms with E-state index >= 15 is 0 Å². The summed E-state index contributed by atoms with van der Waals surface area (Å²) in [4.78, 5) is 13.0. The number of halogens is 1. The summed E-state index contributed by atoms with van der Waals surface area (Å²) >= 11 is 0. The van der Waals surface area contributed by atoms with Crippen LogP contribution in [0.15, 0.2) is 22.7 Å². The van der Waals surface area contributed by atoms with Crippen molar-refractivity contribution < 1.29 is 18.4 Å². The van der Waals surface area contributed by atoms with Crippen LogP contribution >= 0.6 is 0 Å². The fourth-order valence-electron chi connectivity index (χ4n) is 3.51. The van der Waals surface area contributed by atoms with Crippen LogP contribution in [-0.4, -0.2) is 42.4 Å². The second-order valence-corrected chi connectivity index (χ2v) is 6.84. The van der Waals surface area contributed by atoms with Gasteiger partial charge in [-0.25, -0.2) is 9.18 Å². The first-order valence-electron chi connectivity index (χ1n) is 8.72. The minimum absolute atomic E-state index is 0.306. The van der Waals surface area contributed by atoms with Crippen molar-refractivity contribution in [1.82, 2.24) is 10.1 Å². The van der Waals surface area contributed by atoms with Crippen LogP contribution in [0.3, 0.4) is 0 Å². The maximum atomic E-state index is 13.3. The quantitative estimate of drug-likeness (QED) is 0.865. The molecule has 6 nitrogen and oxygen atoms in total. The molecule has 1 atom stereocenters. The first-order chi connectivity index (χ1) is 12.0. The molecule has 1 saturated heterocycles. The molecule has 0 aliphatic carbocycles. The van der Waals surface area contributed by atoms with Gasteiger partial charge in [0.05, 0.1) is 12.3 Å². The Labute approximate surface area is 146 Å². The third-order valence-corrected chi connectivity index (χ3v) is 4.86. The van der Waals surface area contributed by atoms with Crippen molar-refractivity contribution >= 4 is 17.1 Å². The molecule has 2 heterocycles. The Kier molecular flexibility index (Phi) is 5.53. The molecular weight excluding hydrogens is 325 g/mol. The summed E-state index contributed by atoms with van der Waals surface area (Å²) in [6.45, 7) is 5.46. The molecule has 0 saturated carbocycles. The number of hydrogen-bond acceptors (Lipinski definition) is 5. The number of benzene rings is 1. The predicted octanol–water partition coefficient (Wildman–Crippen LogP) is 3.27. The Bertz CT molecular complexity index is 725. The highest BCUT2D eigenvalue weighted by Gasteiger charge is 2.25. The van der Waals surface area contributed by atoms with Gasteiger partial charge in [0.2, 0.25) is 0 Å². The highest BCUT2D eigenvalue weighted by atomic mass is 19.1. The standard InChI is InChI=1S/C18H24FN3O3/c1-12(6-9-24-18(20)23)11-22-7-4-13(5-8-22)17-15-3-2-14(19)10-16(15)25-21-17/h2-3,10,12-13H,4-9,11H2,1H3,(H2,20,23)/t12-/m0/s1. The van der Waals surface area contributed by atoms with Gasteiger partial charge in [-0.1, -0.05) is 12.1 Å². The number of amides is 1. The van der Waals surface area contributed by atoms with Crippen molar-refractivity contribution in [3.8, 4) is 0 Å². The van der Waals surface area contributed by atoms with Gasteiger partial charge in [0.25, 0.3) is 0 Å². The van der Waals surface area contributed by atoms with Crippen molar-refractivity contribution in [3.63, 3.8) is 0 Å². The molecular formula is C18H24FN3O3. The van der Waals surface area contributed by atoms with Gasteiger partial charge in [0.15, 0.2) is 5.58 Å². The molecule has 1 aromatic carbocycles. The SMILES string of the molecule is C[C@@H](CCOC(N)=O)CN1CCC(c2noc3cc(F)ccc23)CC1. The van der Waals surface area contributed by atoms with E-state index in [4.69, 9.17) is 15.0 Å². The number of ether oxygens (including phenoxy) is 1. The molecule has 0 unspecified atom stereocenters. The van der Waals surface area contributed by atoms with Crippen LogP contribution in [0.4, 0.5) is 9.18 Å². The van der Waals surface area contributed by atoms with E-state index < -0.39 is 6.09 Å². The van der Waals surface area contributed by atoms with Gasteiger partial charge in [-0.2, -0.15) is 0 Å². The van der Waals surface area contributed by atoms with E-state index in [1.165, 1.54) is 12.1 Å². The highest BCUT2D eigenvalue weighted by Crippen LogP contribution is 2.33. The molecule has 25 heavy (non-hydrogen) atoms. The first kappa shape index (κ1) is 17.7. The average molecular weight is 349 g/mol. The van der Waals surface area contributed by atoms with Crippen LogP contribution in [0, 0.1) is 11.7 Å². The minimum atomic E-state index is -0.715. The second kappa shape index (κ2) is 7.82. The lowest BCUT2D eigenvalue weighted by Gasteiger charge is -2.32. The maximum absolute atomic E-state index is 13.3. The van der Waals surface area contributed by atoms with Crippen LogP contribution in [0.2, 0.25) is 0 Å². The summed E-state index contributed by atoms with van der Waals surface area (Å²) < 4.78 is 23.3. The summed E-state index contributed by atoms with van der Waals surface area (Å²) in [5, 5.41) is 5.10. The molecule has 0 spiro atoms. The Balaban J connectivity index is 1.50. The third-order valence-electron chi connectivity index (χ3n) is 4.86. The molecule has 7 heteroatoms. The van der Waals surface area contributed by atoms with Crippen LogP contribution in [0.25, 0.3) is 11.0 Å². The van der Waals surface area contributed by atoms with Gasteiger partial charge in [0.1, 0.15) is 5.82 Å². The number of fused-ring (bicyclic) bond motifs is 1. The number of nitrogens with two attached hydrogens (primary N) is 1. The summed E-state index contributed by atoms with van der Waals surface area (Å²) in [5.74, 6) is 0.475. The summed E-state index contributed by atoms with van der Waals surface area (Å²) in [7, 11) is 0. The molecule has 2 N–H and O–H groups in total. The van der Waals surface area contributed by atoms with E-state index in [2.05, 4.69) is 17.0 Å². The van der Waals surface area contributed by atoms with E-state index in [1.807, 2.05) is 0 Å². The van der Waals surface area contributed by atoms with Gasteiger partial charge < -0.3 is 19.9 Å². The lowest BCUT2D eigenvalue weighted by molar-refractivity contribution is 0.137. The number of rotatable bonds is 6. The van der Waals surface area contributed by atoms with Gasteiger partial charge in [-0.3, -0.25) is 0 Å². The number of nitrogens with zero attached hydrogens (tertiary/aromatic N) is 2. The number of piperidine rings is 1. The van der Waals surface area contributed by atoms with E-state index in [0.29, 0.717) is 24.0 Å². The van der Waals surface area contributed by atoms with Crippen molar-refractivity contribution in [2.75, 3.05) is 26.2 Å². The second-order valence-electron chi connectivity index (χ2n) is 6.84. The zero-order valence-corrected chi connectivity index (χ0v) is 14.4. The topological polar surface area (TPSA) is 81.6 Å². The Morgan fingerprint density at radius 2 is 2.24 bits per heavy atom. The largest absolute Gasteiger partial charge is 0.450 e. The summed E-state index contributed by atoms with van der Waals surface area (Å²) in [6, 6.07) is 4.59. The minimum Gasteiger partial charge on any atom is -0.450 e. The first-order valence-corrected chi connectivity index (χ1v) is 8.72. The Morgan fingerprint density at radius 3 is 2.96 bits per heavy atom. The number of hydrogen-bond donors (Lipinski definition) is 1. The smallest absolute Gasteiger partial charge is 0.404 e. The van der Waals surface area contributed by atoms with Gasteiger partial charge in [-0.15, -0.1) is 0 Å². The molecule has 1 aliphatic heterocycles. The number of aromatic nitrogens is 1. The van der Waals surface area contributed by atoms with E-state index in [0.717, 1.165) is 50.0 Å². The predicted molar refractivity (Wildman–Crippen MR) is 91.7 cm³/mol. The lowest BCUT2D eigenvalue weighted by Crippen LogP contribution is -2.36. The maximum Gasteiger partial charge on any atom is 0.404 e. The zero-order valence-electron chi connectivity index (χ0n) is 14.4. The van der Waals surface area contributed by atoms with Gasteiger partial charge in [-0.05, 0) is 50.4 Å². The molecule has 1 aliphatic rings. The molecule has 1 aromatic heterocycles. The van der Waals surface area contributed by atoms with Crippen LogP contribution < -0.4 is 5.73 Å². The monoisotopic (exact) mass is 349 g/mol. The molecule has 136 valence electrons. The highest BCUT2D eigenvalue weighted by molar-refractivity contribution is 5.79. The summed E-state index contributed by atoms with van der Waals surface area (Å²) in [6.07, 6.45) is 2.10. The zero-order chi connectivity index (χ0) is 17.8. The van der Waals surface area contributed by atoms with Crippen LogP contribution in [-0.2, 0) is 4.74 Å². The molecule has 0 bridgehead atoms.